The summed E-state index contributed by atoms with van der Waals surface area (Å²) in [6, 6.07) is 0. The Morgan fingerprint density at radius 3 is 2.44 bits per heavy atom. The van der Waals surface area contributed by atoms with Gasteiger partial charge in [-0.05, 0) is 34.1 Å². The first-order valence-corrected chi connectivity index (χ1v) is 5.65. The second-order valence-corrected chi connectivity index (χ2v) is 5.22. The molecule has 1 heterocycles. The molecule has 0 saturated carbocycles. The fraction of sp³-hybridized carbons (Fsp3) is 0.833. The van der Waals surface area contributed by atoms with Crippen molar-refractivity contribution in [2.24, 2.45) is 11.8 Å². The molecular weight excluding hydrogens is 208 g/mol. The van der Waals surface area contributed by atoms with Crippen LogP contribution < -0.4 is 0 Å². The Hall–Kier alpha value is -0.900. The maximum Gasteiger partial charge on any atom is 0.316 e. The summed E-state index contributed by atoms with van der Waals surface area (Å²) in [5, 5.41) is 0. The van der Waals surface area contributed by atoms with Crippen molar-refractivity contribution in [2.45, 2.75) is 39.7 Å². The van der Waals surface area contributed by atoms with Gasteiger partial charge in [0.05, 0.1) is 6.61 Å². The van der Waals surface area contributed by atoms with Crippen molar-refractivity contribution in [3.05, 3.63) is 0 Å². The van der Waals surface area contributed by atoms with Crippen LogP contribution in [0.5, 0.6) is 0 Å². The lowest BCUT2D eigenvalue weighted by Crippen LogP contribution is -2.34. The van der Waals surface area contributed by atoms with Gasteiger partial charge in [0, 0.05) is 12.5 Å². The van der Waals surface area contributed by atoms with Crippen LogP contribution >= 0.6 is 0 Å². The predicted octanol–water partition coefficient (Wildman–Crippen LogP) is 1.57. The number of rotatable bonds is 3. The Labute approximate surface area is 96.3 Å². The minimum Gasteiger partial charge on any atom is -0.459 e. The van der Waals surface area contributed by atoms with E-state index in [-0.39, 0.29) is 11.7 Å². The van der Waals surface area contributed by atoms with Crippen molar-refractivity contribution in [3.8, 4) is 0 Å². The Morgan fingerprint density at radius 2 is 2.00 bits per heavy atom. The van der Waals surface area contributed by atoms with Crippen molar-refractivity contribution in [3.63, 3.8) is 0 Å². The number of esters is 1. The zero-order valence-corrected chi connectivity index (χ0v) is 10.4. The summed E-state index contributed by atoms with van der Waals surface area (Å²) in [6.45, 7) is 8.03. The zero-order valence-electron chi connectivity index (χ0n) is 10.4. The van der Waals surface area contributed by atoms with E-state index >= 15 is 0 Å². The second-order valence-electron chi connectivity index (χ2n) is 5.22. The van der Waals surface area contributed by atoms with E-state index in [1.165, 1.54) is 0 Å². The van der Waals surface area contributed by atoms with Crippen molar-refractivity contribution < 1.29 is 19.1 Å². The van der Waals surface area contributed by atoms with Crippen LogP contribution in [-0.4, -0.2) is 30.6 Å². The molecule has 0 amide bonds. The molecule has 1 aliphatic heterocycles. The summed E-state index contributed by atoms with van der Waals surface area (Å²) in [6.07, 6.45) is 0.714. The molecule has 1 saturated heterocycles. The average Bonchev–Trinajstić information content (AvgIpc) is 2.65. The highest BCUT2D eigenvalue weighted by Gasteiger charge is 2.33. The first kappa shape index (κ1) is 13.2. The monoisotopic (exact) mass is 228 g/mol. The highest BCUT2D eigenvalue weighted by atomic mass is 16.6. The molecule has 4 heteroatoms. The Balaban J connectivity index is 2.52. The molecule has 1 aliphatic rings. The standard InChI is InChI=1S/C12H20O4/c1-8(11(14)16-12(2,3)4)10(13)9-5-6-15-7-9/h8-9H,5-7H2,1-4H3. The van der Waals surface area contributed by atoms with Gasteiger partial charge in [-0.15, -0.1) is 0 Å². The molecule has 2 unspecified atom stereocenters. The third kappa shape index (κ3) is 3.59. The van der Waals surface area contributed by atoms with Crippen LogP contribution in [-0.2, 0) is 19.1 Å². The molecule has 16 heavy (non-hydrogen) atoms. The third-order valence-corrected chi connectivity index (χ3v) is 2.52. The van der Waals surface area contributed by atoms with Gasteiger partial charge >= 0.3 is 5.97 Å². The number of hydrogen-bond donors (Lipinski definition) is 0. The molecule has 0 aliphatic carbocycles. The molecule has 2 atom stereocenters. The summed E-state index contributed by atoms with van der Waals surface area (Å²) >= 11 is 0. The quantitative estimate of drug-likeness (QED) is 0.543. The number of carbonyl (C=O) groups is 2. The number of ketones is 1. The lowest BCUT2D eigenvalue weighted by molar-refractivity contribution is -0.162. The smallest absolute Gasteiger partial charge is 0.316 e. The van der Waals surface area contributed by atoms with Crippen LogP contribution in [0.25, 0.3) is 0 Å². The second kappa shape index (κ2) is 4.95. The van der Waals surface area contributed by atoms with E-state index in [9.17, 15) is 9.59 Å². The number of ether oxygens (including phenoxy) is 2. The van der Waals surface area contributed by atoms with Gasteiger partial charge in [0.15, 0.2) is 5.78 Å². The van der Waals surface area contributed by atoms with E-state index in [0.717, 1.165) is 0 Å². The molecule has 0 aromatic carbocycles. The first-order valence-electron chi connectivity index (χ1n) is 5.65. The summed E-state index contributed by atoms with van der Waals surface area (Å²) in [7, 11) is 0. The summed E-state index contributed by atoms with van der Waals surface area (Å²) < 4.78 is 10.3. The molecule has 4 nitrogen and oxygen atoms in total. The summed E-state index contributed by atoms with van der Waals surface area (Å²) in [5.41, 5.74) is -0.544. The topological polar surface area (TPSA) is 52.6 Å². The normalized spacial score (nSPS) is 22.9. The molecule has 92 valence electrons. The molecular formula is C12H20O4. The van der Waals surface area contributed by atoms with E-state index < -0.39 is 17.5 Å². The van der Waals surface area contributed by atoms with E-state index in [1.807, 2.05) is 0 Å². The van der Waals surface area contributed by atoms with E-state index in [2.05, 4.69) is 0 Å². The number of Topliss-reactive ketones (excluding diaryl/α,β-unsaturated/α-hetero) is 1. The minimum absolute atomic E-state index is 0.0632. The van der Waals surface area contributed by atoms with Gasteiger partial charge in [-0.1, -0.05) is 0 Å². The maximum absolute atomic E-state index is 11.9. The van der Waals surface area contributed by atoms with Crippen molar-refractivity contribution in [1.82, 2.24) is 0 Å². The SMILES string of the molecule is CC(C(=O)OC(C)(C)C)C(=O)C1CCOC1. The van der Waals surface area contributed by atoms with E-state index in [4.69, 9.17) is 9.47 Å². The van der Waals surface area contributed by atoms with Crippen LogP contribution in [0.4, 0.5) is 0 Å². The lowest BCUT2D eigenvalue weighted by Gasteiger charge is -2.22. The van der Waals surface area contributed by atoms with Gasteiger partial charge in [-0.25, -0.2) is 0 Å². The average molecular weight is 228 g/mol. The Morgan fingerprint density at radius 1 is 1.38 bits per heavy atom. The van der Waals surface area contributed by atoms with Gasteiger partial charge in [0.2, 0.25) is 0 Å². The fourth-order valence-electron chi connectivity index (χ4n) is 1.62. The molecule has 0 N–H and O–H groups in total. The van der Waals surface area contributed by atoms with Gasteiger partial charge in [-0.3, -0.25) is 9.59 Å². The van der Waals surface area contributed by atoms with Gasteiger partial charge in [0.25, 0.3) is 0 Å². The van der Waals surface area contributed by atoms with Crippen LogP contribution in [0.3, 0.4) is 0 Å². The predicted molar refractivity (Wildman–Crippen MR) is 58.9 cm³/mol. The first-order chi connectivity index (χ1) is 7.31. The van der Waals surface area contributed by atoms with E-state index in [1.54, 1.807) is 27.7 Å². The molecule has 0 radical (unpaired) electrons. The van der Waals surface area contributed by atoms with Crippen LogP contribution in [0, 0.1) is 11.8 Å². The summed E-state index contributed by atoms with van der Waals surface area (Å²) in [5.74, 6) is -1.33. The van der Waals surface area contributed by atoms with Crippen molar-refractivity contribution in [2.75, 3.05) is 13.2 Å². The highest BCUT2D eigenvalue weighted by molar-refractivity contribution is 6.00. The van der Waals surface area contributed by atoms with E-state index in [0.29, 0.717) is 19.6 Å². The van der Waals surface area contributed by atoms with Crippen molar-refractivity contribution >= 4 is 11.8 Å². The lowest BCUT2D eigenvalue weighted by atomic mass is 9.93. The Kier molecular flexibility index (Phi) is 4.08. The third-order valence-electron chi connectivity index (χ3n) is 2.52. The Bertz CT molecular complexity index is 271. The van der Waals surface area contributed by atoms with Crippen molar-refractivity contribution in [1.29, 1.82) is 0 Å². The van der Waals surface area contributed by atoms with Gasteiger partial charge in [-0.2, -0.15) is 0 Å². The van der Waals surface area contributed by atoms with Gasteiger partial charge < -0.3 is 9.47 Å². The van der Waals surface area contributed by atoms with Gasteiger partial charge in [0.1, 0.15) is 11.5 Å². The van der Waals surface area contributed by atoms with Crippen LogP contribution in [0.1, 0.15) is 34.1 Å². The number of carbonyl (C=O) groups excluding carboxylic acids is 2. The largest absolute Gasteiger partial charge is 0.459 e. The molecule has 1 fully saturated rings. The number of hydrogen-bond acceptors (Lipinski definition) is 4. The summed E-state index contributed by atoms with van der Waals surface area (Å²) in [4.78, 5) is 23.6. The van der Waals surface area contributed by atoms with Crippen LogP contribution in [0.2, 0.25) is 0 Å². The molecule has 0 aromatic rings. The molecule has 0 bridgehead atoms. The molecule has 1 rings (SSSR count). The maximum atomic E-state index is 11.9. The fourth-order valence-corrected chi connectivity index (χ4v) is 1.62. The zero-order chi connectivity index (χ0) is 12.3. The van der Waals surface area contributed by atoms with Crippen LogP contribution in [0.15, 0.2) is 0 Å². The minimum atomic E-state index is -0.689. The molecule has 0 spiro atoms. The molecule has 0 aromatic heterocycles. The highest BCUT2D eigenvalue weighted by Crippen LogP contribution is 2.20.